The molecule has 1 aromatic heterocycles. The summed E-state index contributed by atoms with van der Waals surface area (Å²) in [6.07, 6.45) is 1.80. The van der Waals surface area contributed by atoms with E-state index in [1.807, 2.05) is 19.1 Å². The van der Waals surface area contributed by atoms with Crippen molar-refractivity contribution in [3.63, 3.8) is 0 Å². The molecule has 1 aliphatic heterocycles. The van der Waals surface area contributed by atoms with E-state index < -0.39 is 0 Å². The van der Waals surface area contributed by atoms with Crippen molar-refractivity contribution in [1.82, 2.24) is 4.98 Å². The molecule has 2 heterocycles. The first-order chi connectivity index (χ1) is 9.16. The molecule has 4 nitrogen and oxygen atoms in total. The predicted octanol–water partition coefficient (Wildman–Crippen LogP) is 2.75. The van der Waals surface area contributed by atoms with Gasteiger partial charge in [-0.25, -0.2) is 4.98 Å². The third kappa shape index (κ3) is 2.10. The normalized spacial score (nSPS) is 14.3. The fourth-order valence-electron chi connectivity index (χ4n) is 2.43. The fraction of sp³-hybridized carbons (Fsp3) is 0.286. The molecular formula is C14H14N2O2S. The number of para-hydroxylation sites is 1. The number of carbonyl (C=O) groups excluding carboxylic acids is 1. The molecule has 0 bridgehead atoms. The van der Waals surface area contributed by atoms with Crippen molar-refractivity contribution in [2.24, 2.45) is 0 Å². The molecule has 98 valence electrons. The lowest BCUT2D eigenvalue weighted by Gasteiger charge is -2.29. The molecule has 1 aliphatic rings. The zero-order chi connectivity index (χ0) is 13.4. The maximum absolute atomic E-state index is 12.5. The smallest absolute Gasteiger partial charge is 0.277 e. The molecular weight excluding hydrogens is 260 g/mol. The van der Waals surface area contributed by atoms with Crippen molar-refractivity contribution in [3.8, 4) is 5.75 Å². The highest BCUT2D eigenvalue weighted by atomic mass is 32.1. The maximum atomic E-state index is 12.5. The molecule has 0 fully saturated rings. The average Bonchev–Trinajstić information content (AvgIpc) is 2.84. The topological polar surface area (TPSA) is 53.4 Å². The second kappa shape index (κ2) is 4.66. The maximum Gasteiger partial charge on any atom is 0.277 e. The number of hydrogen-bond donors (Lipinski definition) is 1. The lowest BCUT2D eigenvalue weighted by atomic mass is 10.0. The number of anilines is 1. The number of nitrogens with zero attached hydrogens (tertiary/aromatic N) is 2. The van der Waals surface area contributed by atoms with Crippen LogP contribution in [-0.4, -0.2) is 22.5 Å². The summed E-state index contributed by atoms with van der Waals surface area (Å²) in [5.74, 6) is 0.0318. The second-order valence-electron chi connectivity index (χ2n) is 4.60. The number of thiazole rings is 1. The minimum atomic E-state index is -0.133. The highest BCUT2D eigenvalue weighted by Gasteiger charge is 2.27. The summed E-state index contributed by atoms with van der Waals surface area (Å²) in [6.45, 7) is 2.50. The molecule has 0 aliphatic carbocycles. The first-order valence-electron chi connectivity index (χ1n) is 6.21. The van der Waals surface area contributed by atoms with Crippen LogP contribution in [0, 0.1) is 6.92 Å². The summed E-state index contributed by atoms with van der Waals surface area (Å²) >= 11 is 1.46. The van der Waals surface area contributed by atoms with Gasteiger partial charge in [-0.05, 0) is 31.4 Å². The molecule has 19 heavy (non-hydrogen) atoms. The molecule has 1 aromatic carbocycles. The highest BCUT2D eigenvalue weighted by Crippen LogP contribution is 2.36. The van der Waals surface area contributed by atoms with E-state index in [0.717, 1.165) is 23.4 Å². The molecule has 0 spiro atoms. The number of aromatic nitrogens is 1. The Morgan fingerprint density at radius 2 is 2.32 bits per heavy atom. The molecule has 2 aromatic rings. The zero-order valence-electron chi connectivity index (χ0n) is 10.6. The molecule has 0 unspecified atom stereocenters. The quantitative estimate of drug-likeness (QED) is 0.870. The van der Waals surface area contributed by atoms with Gasteiger partial charge in [0.1, 0.15) is 11.4 Å². The number of hydrogen-bond acceptors (Lipinski definition) is 4. The van der Waals surface area contributed by atoms with Gasteiger partial charge in [-0.1, -0.05) is 12.1 Å². The van der Waals surface area contributed by atoms with Crippen molar-refractivity contribution >= 4 is 22.9 Å². The van der Waals surface area contributed by atoms with E-state index in [9.17, 15) is 9.90 Å². The van der Waals surface area contributed by atoms with Gasteiger partial charge in [-0.2, -0.15) is 0 Å². The van der Waals surface area contributed by atoms with Crippen molar-refractivity contribution in [3.05, 3.63) is 39.8 Å². The van der Waals surface area contributed by atoms with Crippen LogP contribution in [0.3, 0.4) is 0 Å². The Kier molecular flexibility index (Phi) is 2.98. The Hall–Kier alpha value is -1.88. The van der Waals surface area contributed by atoms with E-state index in [2.05, 4.69) is 4.98 Å². The van der Waals surface area contributed by atoms with Gasteiger partial charge in [0, 0.05) is 11.9 Å². The zero-order valence-corrected chi connectivity index (χ0v) is 11.4. The van der Waals surface area contributed by atoms with E-state index in [1.54, 1.807) is 16.3 Å². The number of rotatable bonds is 1. The lowest BCUT2D eigenvalue weighted by Crippen LogP contribution is -2.35. The molecule has 3 rings (SSSR count). The van der Waals surface area contributed by atoms with Gasteiger partial charge in [0.15, 0.2) is 0 Å². The molecule has 0 radical (unpaired) electrons. The van der Waals surface area contributed by atoms with Crippen molar-refractivity contribution in [2.75, 3.05) is 11.4 Å². The van der Waals surface area contributed by atoms with E-state index in [4.69, 9.17) is 0 Å². The van der Waals surface area contributed by atoms with Crippen LogP contribution in [0.5, 0.6) is 5.75 Å². The molecule has 5 heteroatoms. The first-order valence-corrected chi connectivity index (χ1v) is 7.09. The van der Waals surface area contributed by atoms with Gasteiger partial charge in [0.2, 0.25) is 0 Å². The van der Waals surface area contributed by atoms with Crippen LogP contribution in [0.2, 0.25) is 0 Å². The summed E-state index contributed by atoms with van der Waals surface area (Å²) in [5.41, 5.74) is 2.12. The number of carbonyl (C=O) groups is 1. The first kappa shape index (κ1) is 12.2. The van der Waals surface area contributed by atoms with E-state index in [0.29, 0.717) is 17.9 Å². The average molecular weight is 274 g/mol. The third-order valence-corrected chi connectivity index (χ3v) is 4.05. The SMILES string of the molecule is Cc1nc(C(=O)N2CCCc3cccc(O)c32)cs1. The highest BCUT2D eigenvalue weighted by molar-refractivity contribution is 7.09. The summed E-state index contributed by atoms with van der Waals surface area (Å²) in [7, 11) is 0. The van der Waals surface area contributed by atoms with Crippen LogP contribution in [0.4, 0.5) is 5.69 Å². The van der Waals surface area contributed by atoms with Crippen molar-refractivity contribution in [2.45, 2.75) is 19.8 Å². The van der Waals surface area contributed by atoms with Gasteiger partial charge in [0.05, 0.1) is 10.7 Å². The number of aryl methyl sites for hydroxylation is 2. The molecule has 0 saturated carbocycles. The van der Waals surface area contributed by atoms with Crippen LogP contribution in [0.1, 0.15) is 27.5 Å². The third-order valence-electron chi connectivity index (χ3n) is 3.28. The Morgan fingerprint density at radius 1 is 1.47 bits per heavy atom. The summed E-state index contributed by atoms with van der Waals surface area (Å²) in [6, 6.07) is 5.40. The van der Waals surface area contributed by atoms with Gasteiger partial charge < -0.3 is 10.0 Å². The van der Waals surface area contributed by atoms with Crippen LogP contribution < -0.4 is 4.90 Å². The number of benzene rings is 1. The van der Waals surface area contributed by atoms with Crippen LogP contribution in [-0.2, 0) is 6.42 Å². The fourth-order valence-corrected chi connectivity index (χ4v) is 3.02. The van der Waals surface area contributed by atoms with E-state index in [1.165, 1.54) is 11.3 Å². The number of phenolic OH excluding ortho intramolecular Hbond substituents is 1. The van der Waals surface area contributed by atoms with Crippen LogP contribution in [0.25, 0.3) is 0 Å². The summed E-state index contributed by atoms with van der Waals surface area (Å²) in [5, 5.41) is 12.7. The molecule has 1 N–H and O–H groups in total. The summed E-state index contributed by atoms with van der Waals surface area (Å²) in [4.78, 5) is 18.4. The minimum absolute atomic E-state index is 0.133. The molecule has 0 saturated heterocycles. The molecule has 1 amide bonds. The standard InChI is InChI=1S/C14H14N2O2S/c1-9-15-11(8-19-9)14(18)16-7-3-5-10-4-2-6-12(17)13(10)16/h2,4,6,8,17H,3,5,7H2,1H3. The number of aromatic hydroxyl groups is 1. The van der Waals surface area contributed by atoms with Gasteiger partial charge in [-0.3, -0.25) is 4.79 Å². The van der Waals surface area contributed by atoms with Gasteiger partial charge in [-0.15, -0.1) is 11.3 Å². The molecule has 0 atom stereocenters. The summed E-state index contributed by atoms with van der Waals surface area (Å²) < 4.78 is 0. The number of phenols is 1. The van der Waals surface area contributed by atoms with E-state index in [-0.39, 0.29) is 11.7 Å². The Morgan fingerprint density at radius 3 is 3.05 bits per heavy atom. The number of fused-ring (bicyclic) bond motifs is 1. The van der Waals surface area contributed by atoms with Crippen LogP contribution >= 0.6 is 11.3 Å². The Bertz CT molecular complexity index is 636. The van der Waals surface area contributed by atoms with Gasteiger partial charge in [0.25, 0.3) is 5.91 Å². The number of amides is 1. The monoisotopic (exact) mass is 274 g/mol. The van der Waals surface area contributed by atoms with Crippen molar-refractivity contribution < 1.29 is 9.90 Å². The second-order valence-corrected chi connectivity index (χ2v) is 5.66. The Labute approximate surface area is 115 Å². The van der Waals surface area contributed by atoms with Crippen LogP contribution in [0.15, 0.2) is 23.6 Å². The predicted molar refractivity (Wildman–Crippen MR) is 75.0 cm³/mol. The largest absolute Gasteiger partial charge is 0.506 e. The Balaban J connectivity index is 2.02. The van der Waals surface area contributed by atoms with Gasteiger partial charge >= 0.3 is 0 Å². The van der Waals surface area contributed by atoms with Crippen molar-refractivity contribution in [1.29, 1.82) is 0 Å². The minimum Gasteiger partial charge on any atom is -0.506 e. The lowest BCUT2D eigenvalue weighted by molar-refractivity contribution is 0.0980. The van der Waals surface area contributed by atoms with E-state index >= 15 is 0 Å².